The molecule has 1 aliphatic heterocycles. The predicted octanol–water partition coefficient (Wildman–Crippen LogP) is 1.42. The maximum absolute atomic E-state index is 11.6. The van der Waals surface area contributed by atoms with Crippen LogP contribution in [-0.2, 0) is 11.3 Å². The first-order chi connectivity index (χ1) is 9.15. The van der Waals surface area contributed by atoms with Crippen molar-refractivity contribution >= 4 is 17.2 Å². The molecule has 0 aliphatic carbocycles. The maximum atomic E-state index is 11.6. The summed E-state index contributed by atoms with van der Waals surface area (Å²) in [6.45, 7) is 3.18. The summed E-state index contributed by atoms with van der Waals surface area (Å²) in [5.74, 6) is 0.635. The van der Waals surface area contributed by atoms with Gasteiger partial charge >= 0.3 is 6.09 Å². The molecule has 1 aliphatic rings. The van der Waals surface area contributed by atoms with Gasteiger partial charge in [0.1, 0.15) is 11.6 Å². The van der Waals surface area contributed by atoms with Crippen LogP contribution in [0.15, 0.2) is 22.6 Å². The minimum atomic E-state index is -0.315. The third-order valence-corrected chi connectivity index (χ3v) is 3.15. The fraction of sp³-hybridized carbons (Fsp3) is 0.385. The predicted molar refractivity (Wildman–Crippen MR) is 68.5 cm³/mol. The summed E-state index contributed by atoms with van der Waals surface area (Å²) in [5, 5.41) is 0. The molecule has 1 amide bonds. The number of carbonyl (C=O) groups excluding carboxylic acids is 1. The summed E-state index contributed by atoms with van der Waals surface area (Å²) in [7, 11) is 0. The van der Waals surface area contributed by atoms with Gasteiger partial charge in [-0.25, -0.2) is 9.78 Å². The number of nitrogens with zero attached hydrogens (tertiary/aromatic N) is 2. The lowest BCUT2D eigenvalue weighted by Gasteiger charge is -2.12. The minimum Gasteiger partial charge on any atom is -0.443 e. The average Bonchev–Trinajstić information content (AvgIpc) is 2.91. The van der Waals surface area contributed by atoms with Gasteiger partial charge in [-0.3, -0.25) is 0 Å². The second-order valence-corrected chi connectivity index (χ2v) is 4.66. The molecule has 100 valence electrons. The van der Waals surface area contributed by atoms with E-state index in [2.05, 4.69) is 4.98 Å². The Morgan fingerprint density at radius 1 is 1.53 bits per heavy atom. The number of aromatic nitrogens is 1. The Hall–Kier alpha value is -2.08. The smallest absolute Gasteiger partial charge is 0.410 e. The minimum absolute atomic E-state index is 0.205. The Balaban J connectivity index is 1.79. The van der Waals surface area contributed by atoms with Crippen molar-refractivity contribution < 1.29 is 13.9 Å². The molecule has 1 unspecified atom stereocenters. The summed E-state index contributed by atoms with van der Waals surface area (Å²) in [5.41, 5.74) is 8.04. The quantitative estimate of drug-likeness (QED) is 0.903. The third kappa shape index (κ3) is 2.26. The number of nitrogens with two attached hydrogens (primary N) is 1. The van der Waals surface area contributed by atoms with Crippen LogP contribution in [0.2, 0.25) is 0 Å². The highest BCUT2D eigenvalue weighted by Crippen LogP contribution is 2.20. The third-order valence-electron chi connectivity index (χ3n) is 3.15. The Morgan fingerprint density at radius 2 is 2.37 bits per heavy atom. The molecular weight excluding hydrogens is 246 g/mol. The Bertz CT molecular complexity index is 623. The lowest BCUT2D eigenvalue weighted by atomic mass is 10.2. The maximum Gasteiger partial charge on any atom is 0.410 e. The topological polar surface area (TPSA) is 81.6 Å². The zero-order valence-electron chi connectivity index (χ0n) is 10.6. The van der Waals surface area contributed by atoms with Crippen molar-refractivity contribution in [2.45, 2.75) is 19.6 Å². The number of amides is 1. The van der Waals surface area contributed by atoms with Crippen LogP contribution in [0, 0.1) is 6.92 Å². The van der Waals surface area contributed by atoms with Gasteiger partial charge in [0.2, 0.25) is 0 Å². The molecule has 19 heavy (non-hydrogen) atoms. The van der Waals surface area contributed by atoms with Crippen molar-refractivity contribution in [2.24, 2.45) is 5.73 Å². The van der Waals surface area contributed by atoms with Gasteiger partial charge in [0.15, 0.2) is 11.5 Å². The molecule has 3 rings (SSSR count). The van der Waals surface area contributed by atoms with Gasteiger partial charge in [-0.2, -0.15) is 0 Å². The van der Waals surface area contributed by atoms with E-state index in [0.29, 0.717) is 25.5 Å². The highest BCUT2D eigenvalue weighted by molar-refractivity contribution is 5.74. The lowest BCUT2D eigenvalue weighted by molar-refractivity contribution is 0.134. The lowest BCUT2D eigenvalue weighted by Crippen LogP contribution is -2.27. The fourth-order valence-corrected chi connectivity index (χ4v) is 2.23. The van der Waals surface area contributed by atoms with Crippen molar-refractivity contribution in [3.8, 4) is 0 Å². The zero-order chi connectivity index (χ0) is 13.4. The van der Waals surface area contributed by atoms with Crippen LogP contribution in [0.25, 0.3) is 11.1 Å². The van der Waals surface area contributed by atoms with Crippen LogP contribution in [0.3, 0.4) is 0 Å². The second-order valence-electron chi connectivity index (χ2n) is 4.66. The summed E-state index contributed by atoms with van der Waals surface area (Å²) in [6, 6.07) is 5.73. The molecule has 6 heteroatoms. The number of hydrogen-bond acceptors (Lipinski definition) is 5. The molecular formula is C13H15N3O3. The van der Waals surface area contributed by atoms with Gasteiger partial charge in [-0.05, 0) is 17.7 Å². The Labute approximate surface area is 110 Å². The molecule has 6 nitrogen and oxygen atoms in total. The van der Waals surface area contributed by atoms with Gasteiger partial charge in [0.25, 0.3) is 0 Å². The van der Waals surface area contributed by atoms with Gasteiger partial charge in [0, 0.05) is 20.0 Å². The van der Waals surface area contributed by atoms with Crippen molar-refractivity contribution in [3.05, 3.63) is 29.7 Å². The summed E-state index contributed by atoms with van der Waals surface area (Å²) < 4.78 is 10.6. The van der Waals surface area contributed by atoms with Crippen LogP contribution in [-0.4, -0.2) is 35.2 Å². The summed E-state index contributed by atoms with van der Waals surface area (Å²) >= 11 is 0. The van der Waals surface area contributed by atoms with E-state index in [9.17, 15) is 4.79 Å². The van der Waals surface area contributed by atoms with E-state index in [-0.39, 0.29) is 12.2 Å². The normalized spacial score (nSPS) is 19.2. The van der Waals surface area contributed by atoms with Crippen molar-refractivity contribution in [1.29, 1.82) is 0 Å². The van der Waals surface area contributed by atoms with Crippen LogP contribution >= 0.6 is 0 Å². The number of ether oxygens (including phenoxy) is 1. The van der Waals surface area contributed by atoms with Gasteiger partial charge < -0.3 is 19.8 Å². The number of cyclic esters (lactones) is 1. The SMILES string of the molecule is Cc1nc2ccc(CN3CC(CN)OC3=O)cc2o1. The number of carbonyl (C=O) groups is 1. The van der Waals surface area contributed by atoms with Crippen molar-refractivity contribution in [1.82, 2.24) is 9.88 Å². The molecule has 1 aromatic heterocycles. The van der Waals surface area contributed by atoms with Gasteiger partial charge in [-0.1, -0.05) is 6.07 Å². The van der Waals surface area contributed by atoms with E-state index in [4.69, 9.17) is 14.9 Å². The Morgan fingerprint density at radius 3 is 3.11 bits per heavy atom. The monoisotopic (exact) mass is 261 g/mol. The van der Waals surface area contributed by atoms with Crippen molar-refractivity contribution in [3.63, 3.8) is 0 Å². The number of benzene rings is 1. The molecule has 1 saturated heterocycles. The van der Waals surface area contributed by atoms with E-state index < -0.39 is 0 Å². The first kappa shape index (κ1) is 12.0. The van der Waals surface area contributed by atoms with E-state index in [0.717, 1.165) is 16.7 Å². The molecule has 0 radical (unpaired) electrons. The molecule has 0 bridgehead atoms. The number of hydrogen-bond donors (Lipinski definition) is 1. The first-order valence-electron chi connectivity index (χ1n) is 6.17. The molecule has 2 N–H and O–H groups in total. The number of oxazole rings is 1. The van der Waals surface area contributed by atoms with Crippen LogP contribution in [0.1, 0.15) is 11.5 Å². The number of fused-ring (bicyclic) bond motifs is 1. The fourth-order valence-electron chi connectivity index (χ4n) is 2.23. The molecule has 1 aromatic carbocycles. The molecule has 0 saturated carbocycles. The van der Waals surface area contributed by atoms with Gasteiger partial charge in [0.05, 0.1) is 6.54 Å². The largest absolute Gasteiger partial charge is 0.443 e. The molecule has 1 fully saturated rings. The van der Waals surface area contributed by atoms with Crippen LogP contribution < -0.4 is 5.73 Å². The van der Waals surface area contributed by atoms with E-state index >= 15 is 0 Å². The first-order valence-corrected chi connectivity index (χ1v) is 6.17. The molecule has 0 spiro atoms. The van der Waals surface area contributed by atoms with E-state index in [1.54, 1.807) is 4.90 Å². The van der Waals surface area contributed by atoms with Crippen LogP contribution in [0.5, 0.6) is 0 Å². The highest BCUT2D eigenvalue weighted by atomic mass is 16.6. The van der Waals surface area contributed by atoms with E-state index in [1.807, 2.05) is 25.1 Å². The molecule has 2 heterocycles. The Kier molecular flexibility index (Phi) is 2.87. The highest BCUT2D eigenvalue weighted by Gasteiger charge is 2.30. The van der Waals surface area contributed by atoms with E-state index in [1.165, 1.54) is 0 Å². The van der Waals surface area contributed by atoms with Crippen molar-refractivity contribution in [2.75, 3.05) is 13.1 Å². The number of rotatable bonds is 3. The summed E-state index contributed by atoms with van der Waals surface area (Å²) in [6.07, 6.45) is -0.520. The molecule has 1 atom stereocenters. The average molecular weight is 261 g/mol. The standard InChI is InChI=1S/C13H15N3O3/c1-8-15-11-3-2-9(4-12(11)18-8)6-16-7-10(5-14)19-13(16)17/h2-4,10H,5-7,14H2,1H3. The zero-order valence-corrected chi connectivity index (χ0v) is 10.6. The number of aryl methyl sites for hydroxylation is 1. The molecule has 2 aromatic rings. The second kappa shape index (κ2) is 4.55. The van der Waals surface area contributed by atoms with Gasteiger partial charge in [-0.15, -0.1) is 0 Å². The van der Waals surface area contributed by atoms with Crippen LogP contribution in [0.4, 0.5) is 4.79 Å². The summed E-state index contributed by atoms with van der Waals surface area (Å²) in [4.78, 5) is 17.5.